The average molecular weight is 316 g/mol. The molecule has 1 atom stereocenters. The van der Waals surface area contributed by atoms with Crippen molar-refractivity contribution in [2.75, 3.05) is 0 Å². The van der Waals surface area contributed by atoms with E-state index in [1.165, 1.54) is 25.0 Å². The summed E-state index contributed by atoms with van der Waals surface area (Å²) in [4.78, 5) is 10.2. The summed E-state index contributed by atoms with van der Waals surface area (Å²) in [7, 11) is 0. The zero-order valence-corrected chi connectivity index (χ0v) is 12.9. The van der Waals surface area contributed by atoms with Gasteiger partial charge in [-0.05, 0) is 43.4 Å². The van der Waals surface area contributed by atoms with Crippen LogP contribution in [-0.4, -0.2) is 25.0 Å². The van der Waals surface area contributed by atoms with Crippen LogP contribution in [0, 0.1) is 10.1 Å². The van der Waals surface area contributed by atoms with Crippen LogP contribution in [0.1, 0.15) is 48.7 Å². The number of aliphatic hydroxyl groups excluding tert-OH is 1. The van der Waals surface area contributed by atoms with Gasteiger partial charge < -0.3 is 5.11 Å². The molecule has 0 fully saturated rings. The van der Waals surface area contributed by atoms with Gasteiger partial charge in [-0.1, -0.05) is 18.1 Å². The van der Waals surface area contributed by atoms with Crippen molar-refractivity contribution in [2.24, 2.45) is 0 Å². The molecule has 1 N–H and O–H groups in total. The van der Waals surface area contributed by atoms with Crippen molar-refractivity contribution in [2.45, 2.75) is 51.2 Å². The standard InChI is InChI=1S/C16H20N4O3/c21-16(12-7-9-13(10-8-12)20(22)23)11-19-15-6-4-2-1-3-5-14(15)17-18-19/h7-10,16,21H,1-6,11H2/t16-/m0/s1. The molecule has 1 aromatic heterocycles. The largest absolute Gasteiger partial charge is 0.386 e. The molecular weight excluding hydrogens is 296 g/mol. The minimum absolute atomic E-state index is 0.0202. The minimum atomic E-state index is -0.757. The summed E-state index contributed by atoms with van der Waals surface area (Å²) in [5.41, 5.74) is 2.82. The van der Waals surface area contributed by atoms with Gasteiger partial charge in [0, 0.05) is 12.1 Å². The first-order chi connectivity index (χ1) is 11.1. The third kappa shape index (κ3) is 3.56. The fourth-order valence-electron chi connectivity index (χ4n) is 3.01. The summed E-state index contributed by atoms with van der Waals surface area (Å²) in [5, 5.41) is 29.5. The topological polar surface area (TPSA) is 94.1 Å². The van der Waals surface area contributed by atoms with E-state index in [0.717, 1.165) is 37.1 Å². The number of fused-ring (bicyclic) bond motifs is 1. The van der Waals surface area contributed by atoms with Crippen LogP contribution in [0.4, 0.5) is 5.69 Å². The summed E-state index contributed by atoms with van der Waals surface area (Å²) in [5.74, 6) is 0. The molecule has 7 nitrogen and oxygen atoms in total. The maximum absolute atomic E-state index is 10.7. The molecule has 2 aromatic rings. The molecule has 0 bridgehead atoms. The molecule has 0 saturated heterocycles. The van der Waals surface area contributed by atoms with Crippen molar-refractivity contribution in [1.29, 1.82) is 0 Å². The van der Waals surface area contributed by atoms with E-state index in [9.17, 15) is 15.2 Å². The van der Waals surface area contributed by atoms with Crippen LogP contribution in [0.15, 0.2) is 24.3 Å². The van der Waals surface area contributed by atoms with Gasteiger partial charge in [0.25, 0.3) is 5.69 Å². The smallest absolute Gasteiger partial charge is 0.269 e. The van der Waals surface area contributed by atoms with E-state index in [1.807, 2.05) is 0 Å². The number of non-ortho nitro benzene ring substituents is 1. The van der Waals surface area contributed by atoms with Gasteiger partial charge in [0.05, 0.1) is 29.0 Å². The Morgan fingerprint density at radius 2 is 1.87 bits per heavy atom. The highest BCUT2D eigenvalue weighted by Gasteiger charge is 2.18. The fourth-order valence-corrected chi connectivity index (χ4v) is 3.01. The minimum Gasteiger partial charge on any atom is -0.386 e. The Morgan fingerprint density at radius 3 is 2.57 bits per heavy atom. The molecule has 0 saturated carbocycles. The molecule has 0 spiro atoms. The molecule has 1 aliphatic rings. The quantitative estimate of drug-likeness (QED) is 0.691. The van der Waals surface area contributed by atoms with Crippen molar-refractivity contribution in [3.8, 4) is 0 Å². The van der Waals surface area contributed by atoms with Gasteiger partial charge in [-0.2, -0.15) is 0 Å². The number of nitro groups is 1. The van der Waals surface area contributed by atoms with Crippen molar-refractivity contribution in [3.05, 3.63) is 51.3 Å². The van der Waals surface area contributed by atoms with Crippen molar-refractivity contribution >= 4 is 5.69 Å². The van der Waals surface area contributed by atoms with Gasteiger partial charge in [0.1, 0.15) is 0 Å². The molecule has 1 aromatic carbocycles. The molecule has 122 valence electrons. The second kappa shape index (κ2) is 6.87. The highest BCUT2D eigenvalue weighted by Crippen LogP contribution is 2.22. The second-order valence-electron chi connectivity index (χ2n) is 5.94. The maximum atomic E-state index is 10.7. The van der Waals surface area contributed by atoms with Crippen molar-refractivity contribution in [3.63, 3.8) is 0 Å². The molecule has 0 aliphatic heterocycles. The summed E-state index contributed by atoms with van der Waals surface area (Å²) in [6.07, 6.45) is 5.84. The predicted octanol–water partition coefficient (Wildman–Crippen LogP) is 2.58. The van der Waals surface area contributed by atoms with E-state index in [2.05, 4.69) is 10.3 Å². The maximum Gasteiger partial charge on any atom is 0.269 e. The Balaban J connectivity index is 1.74. The lowest BCUT2D eigenvalue weighted by molar-refractivity contribution is -0.384. The lowest BCUT2D eigenvalue weighted by atomic mass is 10.0. The van der Waals surface area contributed by atoms with Gasteiger partial charge in [0.2, 0.25) is 0 Å². The zero-order chi connectivity index (χ0) is 16.2. The van der Waals surface area contributed by atoms with Gasteiger partial charge in [-0.3, -0.25) is 10.1 Å². The number of nitro benzene ring substituents is 1. The molecule has 23 heavy (non-hydrogen) atoms. The molecule has 0 unspecified atom stereocenters. The number of rotatable bonds is 4. The molecule has 7 heteroatoms. The van der Waals surface area contributed by atoms with Gasteiger partial charge in [-0.25, -0.2) is 4.68 Å². The number of aromatic nitrogens is 3. The van der Waals surface area contributed by atoms with E-state index in [0.29, 0.717) is 12.1 Å². The van der Waals surface area contributed by atoms with Crippen LogP contribution in [0.2, 0.25) is 0 Å². The van der Waals surface area contributed by atoms with Crippen LogP contribution in [0.3, 0.4) is 0 Å². The van der Waals surface area contributed by atoms with Gasteiger partial charge in [-0.15, -0.1) is 5.10 Å². The first kappa shape index (κ1) is 15.6. The molecule has 0 amide bonds. The highest BCUT2D eigenvalue weighted by atomic mass is 16.6. The number of aliphatic hydroxyl groups is 1. The Labute approximate surface area is 134 Å². The number of nitrogens with zero attached hydrogens (tertiary/aromatic N) is 4. The Bertz CT molecular complexity index is 681. The summed E-state index contributed by atoms with van der Waals surface area (Å²) in [6, 6.07) is 5.99. The summed E-state index contributed by atoms with van der Waals surface area (Å²) in [6.45, 7) is 0.320. The first-order valence-electron chi connectivity index (χ1n) is 7.99. The van der Waals surface area contributed by atoms with Crippen molar-refractivity contribution < 1.29 is 10.0 Å². The molecule has 1 aliphatic carbocycles. The van der Waals surface area contributed by atoms with Gasteiger partial charge in [0.15, 0.2) is 0 Å². The lowest BCUT2D eigenvalue weighted by Crippen LogP contribution is -2.14. The first-order valence-corrected chi connectivity index (χ1v) is 7.99. The Kier molecular flexibility index (Phi) is 4.66. The van der Waals surface area contributed by atoms with Crippen molar-refractivity contribution in [1.82, 2.24) is 15.0 Å². The Hall–Kier alpha value is -2.28. The third-order valence-corrected chi connectivity index (χ3v) is 4.33. The number of hydrogen-bond acceptors (Lipinski definition) is 5. The average Bonchev–Trinajstić information content (AvgIpc) is 2.88. The van der Waals surface area contributed by atoms with Crippen LogP contribution in [0.25, 0.3) is 0 Å². The van der Waals surface area contributed by atoms with Crippen LogP contribution >= 0.6 is 0 Å². The van der Waals surface area contributed by atoms with Crippen LogP contribution < -0.4 is 0 Å². The lowest BCUT2D eigenvalue weighted by Gasteiger charge is -2.14. The Morgan fingerprint density at radius 1 is 1.17 bits per heavy atom. The summed E-state index contributed by atoms with van der Waals surface area (Å²) < 4.78 is 1.78. The van der Waals surface area contributed by atoms with Gasteiger partial charge >= 0.3 is 0 Å². The number of hydrogen-bond donors (Lipinski definition) is 1. The molecule has 3 rings (SSSR count). The van der Waals surface area contributed by atoms with E-state index in [1.54, 1.807) is 16.8 Å². The van der Waals surface area contributed by atoms with Crippen LogP contribution in [0.5, 0.6) is 0 Å². The third-order valence-electron chi connectivity index (χ3n) is 4.33. The highest BCUT2D eigenvalue weighted by molar-refractivity contribution is 5.33. The monoisotopic (exact) mass is 316 g/mol. The number of benzene rings is 1. The molecule has 1 heterocycles. The summed E-state index contributed by atoms with van der Waals surface area (Å²) >= 11 is 0. The fraction of sp³-hybridized carbons (Fsp3) is 0.500. The predicted molar refractivity (Wildman–Crippen MR) is 84.0 cm³/mol. The van der Waals surface area contributed by atoms with Crippen LogP contribution in [-0.2, 0) is 19.4 Å². The van der Waals surface area contributed by atoms with E-state index in [4.69, 9.17) is 0 Å². The SMILES string of the molecule is O=[N+]([O-])c1ccc([C@@H](O)Cn2nnc3c2CCCCCC3)cc1. The molecule has 0 radical (unpaired) electrons. The normalized spacial score (nSPS) is 16.2. The van der Waals surface area contributed by atoms with E-state index >= 15 is 0 Å². The van der Waals surface area contributed by atoms with E-state index < -0.39 is 11.0 Å². The number of aryl methyl sites for hydroxylation is 1. The molecular formula is C16H20N4O3. The second-order valence-corrected chi connectivity index (χ2v) is 5.94. The van der Waals surface area contributed by atoms with E-state index in [-0.39, 0.29) is 5.69 Å². The zero-order valence-electron chi connectivity index (χ0n) is 12.9.